The van der Waals surface area contributed by atoms with Crippen molar-refractivity contribution in [2.24, 2.45) is 23.7 Å². The molecule has 3 aliphatic rings. The number of carbonyl (C=O) groups is 3. The van der Waals surface area contributed by atoms with Gasteiger partial charge in [-0.1, -0.05) is 25.5 Å². The Morgan fingerprint density at radius 1 is 1.08 bits per heavy atom. The predicted molar refractivity (Wildman–Crippen MR) is 91.8 cm³/mol. The Labute approximate surface area is 146 Å². The van der Waals surface area contributed by atoms with Crippen LogP contribution in [0.2, 0.25) is 0 Å². The van der Waals surface area contributed by atoms with Gasteiger partial charge < -0.3 is 4.74 Å². The molecule has 1 saturated carbocycles. The number of imide groups is 1. The molecular weight excluding hydrogens is 318 g/mol. The van der Waals surface area contributed by atoms with E-state index >= 15 is 0 Å². The molecule has 0 radical (unpaired) electrons. The molecule has 2 aliphatic carbocycles. The molecule has 1 aromatic carbocycles. The molecule has 1 heterocycles. The van der Waals surface area contributed by atoms with Crippen molar-refractivity contribution < 1.29 is 19.1 Å². The lowest BCUT2D eigenvalue weighted by Crippen LogP contribution is -2.32. The van der Waals surface area contributed by atoms with Crippen molar-refractivity contribution in [2.75, 3.05) is 11.5 Å². The summed E-state index contributed by atoms with van der Waals surface area (Å²) in [7, 11) is 0. The van der Waals surface area contributed by atoms with Crippen molar-refractivity contribution in [1.29, 1.82) is 0 Å². The molecule has 4 atom stereocenters. The molecule has 1 aromatic rings. The number of nitrogens with zero attached hydrogens (tertiary/aromatic N) is 1. The first-order valence-corrected chi connectivity index (χ1v) is 8.95. The van der Waals surface area contributed by atoms with Gasteiger partial charge in [-0.05, 0) is 48.9 Å². The highest BCUT2D eigenvalue weighted by molar-refractivity contribution is 6.22. The van der Waals surface area contributed by atoms with Gasteiger partial charge in [0.2, 0.25) is 11.8 Å². The molecule has 25 heavy (non-hydrogen) atoms. The number of hydrogen-bond donors (Lipinski definition) is 0. The van der Waals surface area contributed by atoms with Gasteiger partial charge in [0.15, 0.2) is 0 Å². The summed E-state index contributed by atoms with van der Waals surface area (Å²) >= 11 is 0. The molecule has 4 rings (SSSR count). The minimum atomic E-state index is -0.377. The summed E-state index contributed by atoms with van der Waals surface area (Å²) in [6.45, 7) is 2.43. The van der Waals surface area contributed by atoms with Crippen molar-refractivity contribution in [3.05, 3.63) is 42.0 Å². The standard InChI is InChI=1S/C20H21NO4/c1-2-3-10-25-20(24)12-6-8-15(9-7-12)21-18(22)16-13-4-5-14(11-13)17(16)19(21)23/h4-9,13-14,16-17H,2-3,10-11H2,1H3/t13-,14-,16-,17-/m0/s1. The van der Waals surface area contributed by atoms with E-state index in [9.17, 15) is 14.4 Å². The van der Waals surface area contributed by atoms with Crippen molar-refractivity contribution in [3.63, 3.8) is 0 Å². The van der Waals surface area contributed by atoms with Gasteiger partial charge in [0.1, 0.15) is 0 Å². The van der Waals surface area contributed by atoms with Gasteiger partial charge in [0.05, 0.1) is 29.7 Å². The minimum Gasteiger partial charge on any atom is -0.462 e. The quantitative estimate of drug-likeness (QED) is 0.358. The van der Waals surface area contributed by atoms with Crippen LogP contribution in [0.4, 0.5) is 5.69 Å². The lowest BCUT2D eigenvalue weighted by atomic mass is 9.85. The van der Waals surface area contributed by atoms with Crippen LogP contribution in [0.1, 0.15) is 36.5 Å². The summed E-state index contributed by atoms with van der Waals surface area (Å²) in [6.07, 6.45) is 6.87. The van der Waals surface area contributed by atoms with Gasteiger partial charge in [-0.2, -0.15) is 0 Å². The predicted octanol–water partition coefficient (Wildman–Crippen LogP) is 2.96. The van der Waals surface area contributed by atoms with E-state index in [1.165, 1.54) is 4.90 Å². The summed E-state index contributed by atoms with van der Waals surface area (Å²) in [4.78, 5) is 38.8. The highest BCUT2D eigenvalue weighted by atomic mass is 16.5. The van der Waals surface area contributed by atoms with Gasteiger partial charge in [-0.3, -0.25) is 14.5 Å². The molecule has 2 bridgehead atoms. The molecule has 0 spiro atoms. The van der Waals surface area contributed by atoms with E-state index in [0.717, 1.165) is 19.3 Å². The van der Waals surface area contributed by atoms with Crippen LogP contribution in [0.5, 0.6) is 0 Å². The van der Waals surface area contributed by atoms with Crippen LogP contribution < -0.4 is 4.90 Å². The number of benzene rings is 1. The third kappa shape index (κ3) is 2.49. The van der Waals surface area contributed by atoms with E-state index in [-0.39, 0.29) is 41.5 Å². The Morgan fingerprint density at radius 3 is 2.24 bits per heavy atom. The van der Waals surface area contributed by atoms with Crippen LogP contribution in [0.3, 0.4) is 0 Å². The largest absolute Gasteiger partial charge is 0.462 e. The smallest absolute Gasteiger partial charge is 0.338 e. The maximum Gasteiger partial charge on any atom is 0.338 e. The number of fused-ring (bicyclic) bond motifs is 5. The Bertz CT molecular complexity index is 721. The Kier molecular flexibility index (Phi) is 3.94. The van der Waals surface area contributed by atoms with Crippen LogP contribution >= 0.6 is 0 Å². The number of amides is 2. The number of rotatable bonds is 5. The second-order valence-electron chi connectivity index (χ2n) is 7.05. The third-order valence-electron chi connectivity index (χ3n) is 5.56. The van der Waals surface area contributed by atoms with Gasteiger partial charge >= 0.3 is 5.97 Å². The molecule has 2 fully saturated rings. The van der Waals surface area contributed by atoms with Crippen LogP contribution in [0.15, 0.2) is 36.4 Å². The van der Waals surface area contributed by atoms with Crippen LogP contribution in [0.25, 0.3) is 0 Å². The molecular formula is C20H21NO4. The number of anilines is 1. The molecule has 1 aliphatic heterocycles. The molecule has 2 amide bonds. The Morgan fingerprint density at radius 2 is 1.68 bits per heavy atom. The number of allylic oxidation sites excluding steroid dienone is 2. The molecule has 1 saturated heterocycles. The number of esters is 1. The first-order valence-electron chi connectivity index (χ1n) is 8.95. The summed E-state index contributed by atoms with van der Waals surface area (Å²) in [5.41, 5.74) is 0.967. The van der Waals surface area contributed by atoms with E-state index in [1.807, 2.05) is 6.92 Å². The minimum absolute atomic E-state index is 0.106. The number of hydrogen-bond acceptors (Lipinski definition) is 4. The lowest BCUT2D eigenvalue weighted by molar-refractivity contribution is -0.123. The second-order valence-corrected chi connectivity index (χ2v) is 7.05. The zero-order valence-corrected chi connectivity index (χ0v) is 14.2. The monoisotopic (exact) mass is 339 g/mol. The number of ether oxygens (including phenoxy) is 1. The fourth-order valence-corrected chi connectivity index (χ4v) is 4.30. The molecule has 0 aromatic heterocycles. The van der Waals surface area contributed by atoms with E-state index in [4.69, 9.17) is 4.74 Å². The van der Waals surface area contributed by atoms with E-state index in [2.05, 4.69) is 12.2 Å². The molecule has 0 unspecified atom stereocenters. The van der Waals surface area contributed by atoms with E-state index in [0.29, 0.717) is 17.9 Å². The zero-order chi connectivity index (χ0) is 17.6. The first kappa shape index (κ1) is 16.1. The average molecular weight is 339 g/mol. The first-order chi connectivity index (χ1) is 12.1. The lowest BCUT2D eigenvalue weighted by Gasteiger charge is -2.17. The Balaban J connectivity index is 1.50. The van der Waals surface area contributed by atoms with Crippen LogP contribution in [0, 0.1) is 23.7 Å². The van der Waals surface area contributed by atoms with Crippen molar-refractivity contribution in [2.45, 2.75) is 26.2 Å². The highest BCUT2D eigenvalue weighted by Crippen LogP contribution is 2.53. The van der Waals surface area contributed by atoms with E-state index < -0.39 is 0 Å². The van der Waals surface area contributed by atoms with Gasteiger partial charge in [0, 0.05) is 0 Å². The Hall–Kier alpha value is -2.43. The average Bonchev–Trinajstić information content (AvgIpc) is 3.29. The molecule has 5 heteroatoms. The summed E-state index contributed by atoms with van der Waals surface area (Å²) in [5.74, 6) is -0.607. The molecule has 0 N–H and O–H groups in total. The van der Waals surface area contributed by atoms with E-state index in [1.54, 1.807) is 24.3 Å². The molecule has 130 valence electrons. The summed E-state index contributed by atoms with van der Waals surface area (Å²) in [5, 5.41) is 0. The molecule has 5 nitrogen and oxygen atoms in total. The van der Waals surface area contributed by atoms with Crippen molar-refractivity contribution >= 4 is 23.5 Å². The summed E-state index contributed by atoms with van der Waals surface area (Å²) in [6, 6.07) is 6.54. The fourth-order valence-electron chi connectivity index (χ4n) is 4.30. The maximum atomic E-state index is 12.8. The van der Waals surface area contributed by atoms with Crippen molar-refractivity contribution in [3.8, 4) is 0 Å². The number of unbranched alkanes of at least 4 members (excludes halogenated alkanes) is 1. The normalized spacial score (nSPS) is 29.4. The topological polar surface area (TPSA) is 63.7 Å². The SMILES string of the molecule is CCCCOC(=O)c1ccc(N2C(=O)[C@@H]3[C@@H](C2=O)[C@H]2C=C[C@H]3C2)cc1. The van der Waals surface area contributed by atoms with Gasteiger partial charge in [-0.25, -0.2) is 4.79 Å². The highest BCUT2D eigenvalue weighted by Gasteiger charge is 2.59. The van der Waals surface area contributed by atoms with Crippen LogP contribution in [-0.2, 0) is 14.3 Å². The second kappa shape index (κ2) is 6.14. The summed E-state index contributed by atoms with van der Waals surface area (Å²) < 4.78 is 5.18. The van der Waals surface area contributed by atoms with Crippen LogP contribution in [-0.4, -0.2) is 24.4 Å². The third-order valence-corrected chi connectivity index (χ3v) is 5.56. The van der Waals surface area contributed by atoms with Crippen molar-refractivity contribution in [1.82, 2.24) is 0 Å². The van der Waals surface area contributed by atoms with Gasteiger partial charge in [0.25, 0.3) is 0 Å². The maximum absolute atomic E-state index is 12.8. The number of carbonyl (C=O) groups excluding carboxylic acids is 3. The zero-order valence-electron chi connectivity index (χ0n) is 14.2. The van der Waals surface area contributed by atoms with Gasteiger partial charge in [-0.15, -0.1) is 0 Å². The fraction of sp³-hybridized carbons (Fsp3) is 0.450.